The van der Waals surface area contributed by atoms with Gasteiger partial charge in [-0.1, -0.05) is 173 Å². The molecule has 0 saturated carbocycles. The van der Waals surface area contributed by atoms with Crippen molar-refractivity contribution in [2.45, 2.75) is 157 Å². The minimum atomic E-state index is -0.212. The molecular weight excluding hydrogens is 866 g/mol. The molecule has 0 aliphatic carbocycles. The fourth-order valence-electron chi connectivity index (χ4n) is 10.5. The van der Waals surface area contributed by atoms with Gasteiger partial charge in [0.05, 0.1) is 39.5 Å². The van der Waals surface area contributed by atoms with E-state index in [1.54, 1.807) is 0 Å². The Hall–Kier alpha value is -5.12. The van der Waals surface area contributed by atoms with Crippen molar-refractivity contribution in [2.24, 2.45) is 0 Å². The molecule has 0 unspecified atom stereocenters. The van der Waals surface area contributed by atoms with Gasteiger partial charge in [0.1, 0.15) is 0 Å². The van der Waals surface area contributed by atoms with Crippen LogP contribution in [0, 0.1) is 0 Å². The van der Waals surface area contributed by atoms with Crippen LogP contribution in [0.25, 0.3) is 74.3 Å². The van der Waals surface area contributed by atoms with Crippen LogP contribution in [0.3, 0.4) is 0 Å². The molecule has 3 aromatic carbocycles. The van der Waals surface area contributed by atoms with Gasteiger partial charge in [-0.15, -0.1) is 0 Å². The van der Waals surface area contributed by atoms with Crippen molar-refractivity contribution in [3.8, 4) is 27.9 Å². The summed E-state index contributed by atoms with van der Waals surface area (Å²) in [6, 6.07) is 34.4. The quantitative estimate of drug-likeness (QED) is 0.179. The van der Waals surface area contributed by atoms with Gasteiger partial charge in [0.25, 0.3) is 0 Å². The van der Waals surface area contributed by atoms with Gasteiger partial charge in [0, 0.05) is 41.6 Å². The normalized spacial score (nSPS) is 13.6. The van der Waals surface area contributed by atoms with E-state index in [9.17, 15) is 0 Å². The predicted octanol–water partition coefficient (Wildman–Crippen LogP) is 17.2. The maximum absolute atomic E-state index is 5.37. The van der Waals surface area contributed by atoms with E-state index in [2.05, 4.69) is 249 Å². The van der Waals surface area contributed by atoms with Gasteiger partial charge in [0.2, 0.25) is 0 Å². The molecule has 2 aliphatic rings. The van der Waals surface area contributed by atoms with Gasteiger partial charge in [-0.2, -0.15) is 0 Å². The molecule has 0 radical (unpaired) electrons. The molecule has 0 amide bonds. The van der Waals surface area contributed by atoms with E-state index in [1.165, 1.54) is 61.3 Å². The minimum Gasteiger partial charge on any atom is -0.355 e. The third-order valence-corrected chi connectivity index (χ3v) is 13.1. The first-order valence-corrected chi connectivity index (χ1v) is 24.1. The fraction of sp³-hybridized carbons (Fsp3) is 0.387. The number of aromatic nitrogens is 4. The summed E-state index contributed by atoms with van der Waals surface area (Å²) < 4.78 is 2.60. The van der Waals surface area contributed by atoms with E-state index in [4.69, 9.17) is 9.97 Å². The van der Waals surface area contributed by atoms with Crippen molar-refractivity contribution in [2.75, 3.05) is 0 Å². The molecule has 344 valence electrons. The summed E-state index contributed by atoms with van der Waals surface area (Å²) >= 11 is 0. The number of H-pyrrole nitrogens is 1. The van der Waals surface area contributed by atoms with Gasteiger partial charge in [-0.3, -0.25) is 0 Å². The Morgan fingerprint density at radius 3 is 1.04 bits per heavy atom. The topological polar surface area (TPSA) is 46.5 Å². The zero-order valence-electron chi connectivity index (χ0n) is 44.0. The van der Waals surface area contributed by atoms with Crippen LogP contribution in [0.1, 0.15) is 181 Å². The number of fused-ring (bicyclic) bond motifs is 8. The number of nitrogens with one attached hydrogen (secondary N) is 1. The predicted molar refractivity (Wildman–Crippen MR) is 287 cm³/mol. The Labute approximate surface area is 415 Å². The molecule has 8 bridgehead atoms. The molecule has 6 aromatic rings. The number of nitrogens with zero attached hydrogens (tertiary/aromatic N) is 3. The van der Waals surface area contributed by atoms with Crippen molar-refractivity contribution in [3.05, 3.63) is 147 Å². The molecular formula is C62H74N4Zn. The van der Waals surface area contributed by atoms with E-state index in [-0.39, 0.29) is 52.0 Å². The number of aromatic amines is 1. The smallest absolute Gasteiger partial charge is 0.0658 e. The van der Waals surface area contributed by atoms with Crippen LogP contribution in [0.5, 0.6) is 0 Å². The van der Waals surface area contributed by atoms with Gasteiger partial charge in [0.15, 0.2) is 0 Å². The van der Waals surface area contributed by atoms with Gasteiger partial charge in [-0.25, -0.2) is 9.97 Å². The number of benzene rings is 3. The van der Waals surface area contributed by atoms with Gasteiger partial charge >= 0.3 is 0 Å². The van der Waals surface area contributed by atoms with Crippen LogP contribution >= 0.6 is 0 Å². The summed E-state index contributed by atoms with van der Waals surface area (Å²) in [5.74, 6) is 0. The average molecular weight is 941 g/mol. The first-order valence-electron chi connectivity index (χ1n) is 24.1. The largest absolute Gasteiger partial charge is 0.355 e. The zero-order valence-corrected chi connectivity index (χ0v) is 47.0. The average Bonchev–Trinajstić information content (AvgIpc) is 3.99. The van der Waals surface area contributed by atoms with Crippen LogP contribution < -0.4 is 0 Å². The van der Waals surface area contributed by atoms with Crippen molar-refractivity contribution in [3.63, 3.8) is 0 Å². The van der Waals surface area contributed by atoms with E-state index in [0.29, 0.717) is 0 Å². The molecule has 4 nitrogen and oxygen atoms in total. The molecule has 5 heteroatoms. The Morgan fingerprint density at radius 2 is 0.701 bits per heavy atom. The zero-order chi connectivity index (χ0) is 48.1. The summed E-state index contributed by atoms with van der Waals surface area (Å²) in [6.07, 6.45) is 8.65. The Morgan fingerprint density at radius 1 is 0.373 bits per heavy atom. The second-order valence-corrected chi connectivity index (χ2v) is 25.0. The maximum Gasteiger partial charge on any atom is 0.0658 e. The van der Waals surface area contributed by atoms with E-state index in [1.807, 2.05) is 0 Å². The monoisotopic (exact) mass is 939 g/mol. The van der Waals surface area contributed by atoms with E-state index in [0.717, 1.165) is 44.8 Å². The molecule has 2 aliphatic heterocycles. The summed E-state index contributed by atoms with van der Waals surface area (Å²) in [4.78, 5) is 14.3. The van der Waals surface area contributed by atoms with Crippen LogP contribution in [0.15, 0.2) is 91.0 Å². The summed E-state index contributed by atoms with van der Waals surface area (Å²) in [6.45, 7) is 42.7. The maximum atomic E-state index is 5.37. The standard InChI is InChI=1S/C62H74N4.Zn/c1-57(2,3)46-24-19-22-44(54(46)60(10,11)12)52-50-36-42-32-30-40(64-42)34-38-28-29-39(63-38)35-41-31-33-43(65-41)37-51(53(52)45-23-20-25-47(58(4,5)6)55(45)61(13,14)15)66(50)49-27-21-26-48(59(7,8)9)56(49)62(16,17)18;/h19-37,63H,1-18H3;. The summed E-state index contributed by atoms with van der Waals surface area (Å²) in [5.41, 5.74) is 21.1. The van der Waals surface area contributed by atoms with Gasteiger partial charge in [-0.05, 0) is 144 Å². The van der Waals surface area contributed by atoms with E-state index < -0.39 is 0 Å². The van der Waals surface area contributed by atoms with E-state index >= 15 is 0 Å². The van der Waals surface area contributed by atoms with Crippen molar-refractivity contribution in [1.82, 2.24) is 19.5 Å². The summed E-state index contributed by atoms with van der Waals surface area (Å²) in [7, 11) is 0. The second kappa shape index (κ2) is 17.1. The van der Waals surface area contributed by atoms with Crippen molar-refractivity contribution in [1.29, 1.82) is 0 Å². The third kappa shape index (κ3) is 9.65. The number of hydrogen-bond acceptors (Lipinski definition) is 2. The molecule has 1 N–H and O–H groups in total. The van der Waals surface area contributed by atoms with Crippen molar-refractivity contribution >= 4 is 46.4 Å². The summed E-state index contributed by atoms with van der Waals surface area (Å²) in [5, 5.41) is 0. The molecule has 0 spiro atoms. The second-order valence-electron chi connectivity index (χ2n) is 25.0. The molecule has 8 rings (SSSR count). The van der Waals surface area contributed by atoms with Crippen LogP contribution in [-0.2, 0) is 52.0 Å². The number of hydrogen-bond donors (Lipinski definition) is 1. The Balaban J connectivity index is 0.00000666. The van der Waals surface area contributed by atoms with Crippen LogP contribution in [-0.4, -0.2) is 19.5 Å². The molecule has 0 atom stereocenters. The Bertz CT molecular complexity index is 2950. The first-order chi connectivity index (χ1) is 30.5. The molecule has 0 fully saturated rings. The van der Waals surface area contributed by atoms with Crippen LogP contribution in [0.4, 0.5) is 0 Å². The third-order valence-electron chi connectivity index (χ3n) is 13.1. The first kappa shape index (κ1) is 49.8. The SMILES string of the molecule is CC(C)(C)c1cccc(-c2c(-c3cccc(C(C)(C)C)c3C(C)(C)C)c3cc4nc(cc5ccc(cc6nc(cc2n3-c2cccc(C(C)(C)C)c2C(C)(C)C)C=C6)[nH]5)C=C4)c1C(C)(C)C.[Zn]. The van der Waals surface area contributed by atoms with Crippen molar-refractivity contribution < 1.29 is 19.5 Å². The number of rotatable bonds is 3. The van der Waals surface area contributed by atoms with Crippen LogP contribution in [0.2, 0.25) is 0 Å². The minimum absolute atomic E-state index is 0. The molecule has 5 heterocycles. The fourth-order valence-corrected chi connectivity index (χ4v) is 10.5. The Kier molecular flexibility index (Phi) is 12.7. The molecule has 0 saturated heterocycles. The molecule has 3 aromatic heterocycles. The molecule has 67 heavy (non-hydrogen) atoms. The van der Waals surface area contributed by atoms with Gasteiger partial charge < -0.3 is 9.55 Å².